The Morgan fingerprint density at radius 3 is 1.34 bits per heavy atom. The fraction of sp³-hybridized carbons (Fsp3) is 0.900. The van der Waals surface area contributed by atoms with E-state index in [1.165, 1.54) is 153 Å². The lowest BCUT2D eigenvalue weighted by Crippen LogP contribution is -2.28. The van der Waals surface area contributed by atoms with E-state index >= 15 is 0 Å². The summed E-state index contributed by atoms with van der Waals surface area (Å²) in [4.78, 5) is 0. The molecule has 0 aliphatic heterocycles. The average molecular weight is 622 g/mol. The van der Waals surface area contributed by atoms with E-state index in [4.69, 9.17) is 16.2 Å². The summed E-state index contributed by atoms with van der Waals surface area (Å²) in [5, 5.41) is 3.69. The summed E-state index contributed by atoms with van der Waals surface area (Å²) in [6.45, 7) is 19.1. The molecule has 0 aromatic carbocycles. The van der Waals surface area contributed by atoms with Crippen LogP contribution in [0.5, 0.6) is 0 Å². The van der Waals surface area contributed by atoms with Crippen molar-refractivity contribution < 1.29 is 4.74 Å². The van der Waals surface area contributed by atoms with Crippen LogP contribution in [0.4, 0.5) is 0 Å². The van der Waals surface area contributed by atoms with E-state index in [0.29, 0.717) is 12.1 Å². The molecule has 0 bridgehead atoms. The molecule has 0 fully saturated rings. The third-order valence-corrected chi connectivity index (χ3v) is 8.66. The van der Waals surface area contributed by atoms with Gasteiger partial charge in [-0.05, 0) is 83.7 Å². The molecule has 0 aromatic rings. The molecule has 0 radical (unpaired) electrons. The Morgan fingerprint density at radius 2 is 0.886 bits per heavy atom. The van der Waals surface area contributed by atoms with Crippen molar-refractivity contribution in [3.8, 4) is 0 Å². The molecule has 0 aliphatic rings. The molecule has 0 saturated carbocycles. The van der Waals surface area contributed by atoms with Crippen LogP contribution in [-0.2, 0) is 4.74 Å². The van der Waals surface area contributed by atoms with Crippen molar-refractivity contribution in [2.45, 2.75) is 220 Å². The van der Waals surface area contributed by atoms with Gasteiger partial charge in [0.2, 0.25) is 0 Å². The molecule has 0 amide bonds. The van der Waals surface area contributed by atoms with Gasteiger partial charge in [0, 0.05) is 18.2 Å². The monoisotopic (exact) mass is 622 g/mol. The summed E-state index contributed by atoms with van der Waals surface area (Å²) < 4.78 is 6.22. The van der Waals surface area contributed by atoms with Crippen molar-refractivity contribution in [1.82, 2.24) is 5.32 Å². The van der Waals surface area contributed by atoms with Gasteiger partial charge in [-0.1, -0.05) is 144 Å². The van der Waals surface area contributed by atoms with E-state index in [2.05, 4.69) is 46.2 Å². The molecular weight excluding hydrogens is 538 g/mol. The zero-order valence-electron chi connectivity index (χ0n) is 30.8. The third kappa shape index (κ3) is 35.5. The van der Waals surface area contributed by atoms with E-state index in [9.17, 15) is 0 Å². The van der Waals surface area contributed by atoms with Crippen LogP contribution >= 0.6 is 0 Å². The van der Waals surface area contributed by atoms with Gasteiger partial charge in [-0.25, -0.2) is 0 Å². The summed E-state index contributed by atoms with van der Waals surface area (Å²) >= 11 is 0. The van der Waals surface area contributed by atoms with Crippen LogP contribution in [0, 0.1) is 0 Å². The van der Waals surface area contributed by atoms with E-state index in [-0.39, 0.29) is 0 Å². The van der Waals surface area contributed by atoms with Crippen LogP contribution in [0.2, 0.25) is 0 Å². The highest BCUT2D eigenvalue weighted by Crippen LogP contribution is 2.20. The fourth-order valence-corrected chi connectivity index (χ4v) is 5.74. The molecule has 4 nitrogen and oxygen atoms in total. The Bertz CT molecular complexity index is 555. The number of hydrogen-bond acceptors (Lipinski definition) is 4. The Hall–Kier alpha value is -1.00. The van der Waals surface area contributed by atoms with Crippen LogP contribution in [0.25, 0.3) is 0 Å². The van der Waals surface area contributed by atoms with Gasteiger partial charge in [-0.3, -0.25) is 0 Å². The highest BCUT2D eigenvalue weighted by Gasteiger charge is 2.11. The quantitative estimate of drug-likeness (QED) is 0.0493. The smallest absolute Gasteiger partial charge is 0.0982 e. The Labute approximate surface area is 278 Å². The zero-order chi connectivity index (χ0) is 32.9. The summed E-state index contributed by atoms with van der Waals surface area (Å²) in [5.41, 5.74) is 12.3. The van der Waals surface area contributed by atoms with Gasteiger partial charge in [-0.15, -0.1) is 0 Å². The molecule has 44 heavy (non-hydrogen) atoms. The summed E-state index contributed by atoms with van der Waals surface area (Å²) in [6.07, 6.45) is 36.1. The van der Waals surface area contributed by atoms with Crippen molar-refractivity contribution in [2.24, 2.45) is 11.5 Å². The maximum atomic E-state index is 6.22. The minimum atomic E-state index is 0.398. The minimum absolute atomic E-state index is 0.398. The molecule has 0 aromatic heterocycles. The Kier molecular flexibility index (Phi) is 39.2. The topological polar surface area (TPSA) is 73.3 Å². The largest absolute Gasteiger partial charge is 0.495 e. The van der Waals surface area contributed by atoms with Crippen molar-refractivity contribution in [2.75, 3.05) is 13.1 Å². The lowest BCUT2D eigenvalue weighted by atomic mass is 10.0. The molecule has 264 valence electrons. The van der Waals surface area contributed by atoms with E-state index in [1.807, 2.05) is 0 Å². The zero-order valence-corrected chi connectivity index (χ0v) is 30.8. The maximum absolute atomic E-state index is 6.22. The van der Waals surface area contributed by atoms with Gasteiger partial charge < -0.3 is 21.5 Å². The number of nitrogens with one attached hydrogen (secondary N) is 1. The predicted octanol–water partition coefficient (Wildman–Crippen LogP) is 12.3. The first kappa shape index (κ1) is 45.1. The normalized spacial score (nSPS) is 11.1. The predicted molar refractivity (Wildman–Crippen MR) is 200 cm³/mol. The maximum Gasteiger partial charge on any atom is 0.0982 e. The molecule has 0 atom stereocenters. The van der Waals surface area contributed by atoms with Crippen LogP contribution < -0.4 is 16.8 Å². The molecule has 0 unspecified atom stereocenters. The number of ether oxygens (including phenoxy) is 1. The van der Waals surface area contributed by atoms with Crippen LogP contribution in [0.3, 0.4) is 0 Å². The standard InChI is InChI=1S/C22H45NO.C18H38N2/c1-4-6-8-10-14-18-22(19-15-11-9-7-5-2)24-21(3)17-13-12-16-20-23;1-4-6-9-14-18(15-10-7-5-2)20-17(3)13-11-8-12-16-19/h22H,3-20,23H2,1-2H3;18,20H,3-16,19H2,1-2H3. The number of nitrogens with two attached hydrogens (primary N) is 2. The number of hydrogen-bond donors (Lipinski definition) is 3. The van der Waals surface area contributed by atoms with Crippen LogP contribution in [0.15, 0.2) is 24.6 Å². The first-order valence-electron chi connectivity index (χ1n) is 19.7. The lowest BCUT2D eigenvalue weighted by molar-refractivity contribution is 0.0895. The van der Waals surface area contributed by atoms with Gasteiger partial charge in [0.15, 0.2) is 0 Å². The summed E-state index contributed by atoms with van der Waals surface area (Å²) in [5.74, 6) is 0.999. The summed E-state index contributed by atoms with van der Waals surface area (Å²) in [6, 6.07) is 0.648. The Morgan fingerprint density at radius 1 is 0.500 bits per heavy atom. The SMILES string of the molecule is C=C(CCCCCN)NC(CCCCC)CCCCC.C=C(CCCCCN)OC(CCCCCCC)CCCCCCC. The molecule has 0 spiro atoms. The summed E-state index contributed by atoms with van der Waals surface area (Å²) in [7, 11) is 0. The van der Waals surface area contributed by atoms with Crippen molar-refractivity contribution in [3.63, 3.8) is 0 Å². The molecule has 0 aliphatic carbocycles. The van der Waals surface area contributed by atoms with Gasteiger partial charge in [0.1, 0.15) is 0 Å². The van der Waals surface area contributed by atoms with Gasteiger partial charge in [0.05, 0.1) is 11.9 Å². The van der Waals surface area contributed by atoms with Crippen molar-refractivity contribution >= 4 is 0 Å². The van der Waals surface area contributed by atoms with Crippen molar-refractivity contribution in [3.05, 3.63) is 24.6 Å². The van der Waals surface area contributed by atoms with E-state index in [1.54, 1.807) is 0 Å². The van der Waals surface area contributed by atoms with Crippen LogP contribution in [0.1, 0.15) is 207 Å². The number of rotatable bonds is 34. The van der Waals surface area contributed by atoms with Gasteiger partial charge >= 0.3 is 0 Å². The lowest BCUT2D eigenvalue weighted by Gasteiger charge is -2.21. The molecule has 5 N–H and O–H groups in total. The van der Waals surface area contributed by atoms with Gasteiger partial charge in [0.25, 0.3) is 0 Å². The number of unbranched alkanes of at least 4 members (excludes halogenated alkanes) is 16. The first-order chi connectivity index (χ1) is 21.5. The second-order valence-corrected chi connectivity index (χ2v) is 13.3. The highest BCUT2D eigenvalue weighted by molar-refractivity contribution is 4.93. The van der Waals surface area contributed by atoms with Crippen LogP contribution in [-0.4, -0.2) is 25.2 Å². The molecule has 0 saturated heterocycles. The molecule has 0 heterocycles. The van der Waals surface area contributed by atoms with E-state index < -0.39 is 0 Å². The first-order valence-corrected chi connectivity index (χ1v) is 19.7. The van der Waals surface area contributed by atoms with Gasteiger partial charge in [-0.2, -0.15) is 0 Å². The molecule has 0 rings (SSSR count). The highest BCUT2D eigenvalue weighted by atomic mass is 16.5. The molecule has 4 heteroatoms. The number of allylic oxidation sites excluding steroid dienone is 2. The van der Waals surface area contributed by atoms with E-state index in [0.717, 1.165) is 51.0 Å². The third-order valence-electron chi connectivity index (χ3n) is 8.66. The Balaban J connectivity index is 0. The average Bonchev–Trinajstić information content (AvgIpc) is 3.01. The second-order valence-electron chi connectivity index (χ2n) is 13.3. The van der Waals surface area contributed by atoms with Crippen molar-refractivity contribution in [1.29, 1.82) is 0 Å². The molecular formula is C40H83N3O. The minimum Gasteiger partial charge on any atom is -0.495 e. The fourth-order valence-electron chi connectivity index (χ4n) is 5.74. The second kappa shape index (κ2) is 38.2.